The molecule has 2 saturated heterocycles. The molecule has 2 aliphatic heterocycles. The summed E-state index contributed by atoms with van der Waals surface area (Å²) >= 11 is 0. The Morgan fingerprint density at radius 3 is 2.20 bits per heavy atom. The van der Waals surface area contributed by atoms with Gasteiger partial charge in [0.05, 0.1) is 25.9 Å². The van der Waals surface area contributed by atoms with Gasteiger partial charge in [-0.25, -0.2) is 29.1 Å². The molecule has 4 aromatic heterocycles. The van der Waals surface area contributed by atoms with E-state index >= 15 is 0 Å². The second-order valence-corrected chi connectivity index (χ2v) is 12.7. The first-order chi connectivity index (χ1) is 21.6. The van der Waals surface area contributed by atoms with Crippen LogP contribution in [0.15, 0.2) is 23.8 Å². The minimum absolute atomic E-state index is 0.0525. The van der Waals surface area contributed by atoms with E-state index in [4.69, 9.17) is 39.8 Å². The largest absolute Gasteiger partial charge is 0.472 e. The molecule has 0 aliphatic carbocycles. The van der Waals surface area contributed by atoms with Crippen molar-refractivity contribution in [3.63, 3.8) is 0 Å². The van der Waals surface area contributed by atoms with Crippen LogP contribution in [0.5, 0.6) is 0 Å². The van der Waals surface area contributed by atoms with E-state index in [1.807, 2.05) is 0 Å². The van der Waals surface area contributed by atoms with Crippen LogP contribution in [0.3, 0.4) is 0 Å². The maximum Gasteiger partial charge on any atom is 0.472 e. The average molecular weight is 692 g/mol. The number of aromatic nitrogens is 8. The van der Waals surface area contributed by atoms with E-state index in [0.717, 1.165) is 17.2 Å². The molecule has 2 aliphatic rings. The van der Waals surface area contributed by atoms with Crippen molar-refractivity contribution >= 4 is 49.7 Å². The van der Waals surface area contributed by atoms with Gasteiger partial charge < -0.3 is 50.9 Å². The number of aliphatic hydroxyl groups is 3. The number of anilines is 2. The number of rotatable bonds is 10. The summed E-state index contributed by atoms with van der Waals surface area (Å²) < 4.78 is 52.7. The number of aromatic amines is 1. The van der Waals surface area contributed by atoms with E-state index in [9.17, 15) is 34.1 Å². The molecule has 2 fully saturated rings. The van der Waals surface area contributed by atoms with Gasteiger partial charge in [-0.15, -0.1) is 0 Å². The predicted molar refractivity (Wildman–Crippen MR) is 147 cm³/mol. The van der Waals surface area contributed by atoms with E-state index in [1.165, 1.54) is 10.9 Å². The van der Waals surface area contributed by atoms with Crippen molar-refractivity contribution in [3.8, 4) is 0 Å². The summed E-state index contributed by atoms with van der Waals surface area (Å²) in [4.78, 5) is 63.1. The zero-order chi connectivity index (χ0) is 33.1. The Labute approximate surface area is 254 Å². The fraction of sp³-hybridized carbons (Fsp3) is 0.500. The Balaban J connectivity index is 1.20. The number of phosphoric acid groups is 2. The molecule has 9 atom stereocenters. The van der Waals surface area contributed by atoms with Crippen molar-refractivity contribution in [2.45, 2.75) is 49.1 Å². The Kier molecular flexibility index (Phi) is 8.43. The second-order valence-electron chi connectivity index (χ2n) is 10.1. The quantitative estimate of drug-likeness (QED) is 0.0731. The SMILES string of the molecule is Nc1nc2c(ncn2[C@@H]2O[C@H](COP(=O)(O)O)C(O)C2OP(=O)(O)OC[C@H]2O[C@@H](n3cnc4c(N)ncnc43)[C@H](O)[C@@H]2O)c(=O)[nH]1. The number of imidazole rings is 2. The fourth-order valence-electron chi connectivity index (χ4n) is 5.00. The molecule has 46 heavy (non-hydrogen) atoms. The van der Waals surface area contributed by atoms with Crippen LogP contribution in [0.4, 0.5) is 11.8 Å². The molecular formula is C20H26N10O14P2. The lowest BCUT2D eigenvalue weighted by molar-refractivity contribution is -0.0613. The molecule has 3 unspecified atom stereocenters. The number of hydrogen-bond acceptors (Lipinski definition) is 18. The summed E-state index contributed by atoms with van der Waals surface area (Å²) in [6.07, 6.45) is -9.37. The number of H-pyrrole nitrogens is 1. The minimum atomic E-state index is -5.21. The number of nitrogen functional groups attached to an aromatic ring is 2. The van der Waals surface area contributed by atoms with Crippen LogP contribution in [0.25, 0.3) is 22.3 Å². The minimum Gasteiger partial charge on any atom is -0.387 e. The summed E-state index contributed by atoms with van der Waals surface area (Å²) in [7, 11) is -10.3. The van der Waals surface area contributed by atoms with Gasteiger partial charge in [-0.1, -0.05) is 0 Å². The molecule has 4 aromatic rings. The van der Waals surface area contributed by atoms with Crippen molar-refractivity contribution in [2.24, 2.45) is 0 Å². The van der Waals surface area contributed by atoms with E-state index < -0.39 is 83.5 Å². The average Bonchev–Trinajstić information content (AvgIpc) is 3.73. The van der Waals surface area contributed by atoms with Crippen LogP contribution in [-0.4, -0.2) is 119 Å². The van der Waals surface area contributed by atoms with Crippen LogP contribution in [0.2, 0.25) is 0 Å². The van der Waals surface area contributed by atoms with E-state index in [1.54, 1.807) is 0 Å². The van der Waals surface area contributed by atoms with Crippen molar-refractivity contribution in [1.82, 2.24) is 39.0 Å². The summed E-state index contributed by atoms with van der Waals surface area (Å²) in [6, 6.07) is 0. The van der Waals surface area contributed by atoms with Crippen LogP contribution < -0.4 is 17.0 Å². The topological polar surface area (TPSA) is 361 Å². The normalized spacial score (nSPS) is 30.0. The van der Waals surface area contributed by atoms with Crippen LogP contribution >= 0.6 is 15.6 Å². The smallest absolute Gasteiger partial charge is 0.387 e. The van der Waals surface area contributed by atoms with Gasteiger partial charge in [0, 0.05) is 0 Å². The third kappa shape index (κ3) is 6.14. The lowest BCUT2D eigenvalue weighted by Crippen LogP contribution is -2.36. The van der Waals surface area contributed by atoms with E-state index in [0.29, 0.717) is 0 Å². The standard InChI is InChI=1S/C20H26N10O14P2/c21-14-8-15(24-3-23-14)29(4-25-8)18-12(33)10(31)6(42-18)2-41-46(38,39)44-13-11(32)7(1-40-45(35,36)37)43-19(13)30-5-26-9-16(30)27-20(22)28-17(9)34/h3-7,10-13,18-19,31-33H,1-2H2,(H,38,39)(H2,21,23,24)(H2,35,36,37)(H3,22,27,28,34)/t6-,7-,10-,11?,12-,13?,18-,19-/m1/s1. The number of aliphatic hydroxyl groups excluding tert-OH is 3. The highest BCUT2D eigenvalue weighted by Gasteiger charge is 2.51. The Morgan fingerprint density at radius 2 is 1.48 bits per heavy atom. The van der Waals surface area contributed by atoms with Crippen LogP contribution in [-0.2, 0) is 32.2 Å². The highest BCUT2D eigenvalue weighted by molar-refractivity contribution is 7.47. The monoisotopic (exact) mass is 692 g/mol. The second kappa shape index (κ2) is 12.0. The summed E-state index contributed by atoms with van der Waals surface area (Å²) in [5.41, 5.74) is 10.6. The molecule has 0 saturated carbocycles. The molecular weight excluding hydrogens is 666 g/mol. The molecule has 24 nitrogen and oxygen atoms in total. The number of phosphoric ester groups is 2. The van der Waals surface area contributed by atoms with E-state index in [-0.39, 0.29) is 34.1 Å². The Bertz CT molecular complexity index is 1910. The molecule has 6 heterocycles. The van der Waals surface area contributed by atoms with Crippen molar-refractivity contribution in [1.29, 1.82) is 0 Å². The first kappa shape index (κ1) is 32.5. The van der Waals surface area contributed by atoms with Crippen molar-refractivity contribution < 1.29 is 62.2 Å². The first-order valence-electron chi connectivity index (χ1n) is 13.0. The zero-order valence-corrected chi connectivity index (χ0v) is 24.7. The van der Waals surface area contributed by atoms with Gasteiger partial charge in [-0.05, 0) is 0 Å². The highest BCUT2D eigenvalue weighted by atomic mass is 31.2. The van der Waals surface area contributed by atoms with Gasteiger partial charge in [-0.3, -0.25) is 32.5 Å². The molecule has 26 heteroatoms. The molecule has 0 amide bonds. The fourth-order valence-corrected chi connectivity index (χ4v) is 6.27. The van der Waals surface area contributed by atoms with E-state index in [2.05, 4.69) is 34.4 Å². The maximum absolute atomic E-state index is 13.1. The van der Waals surface area contributed by atoms with Crippen molar-refractivity contribution in [3.05, 3.63) is 29.3 Å². The van der Waals surface area contributed by atoms with Gasteiger partial charge in [-0.2, -0.15) is 4.98 Å². The first-order valence-corrected chi connectivity index (χ1v) is 16.0. The lowest BCUT2D eigenvalue weighted by atomic mass is 10.1. The van der Waals surface area contributed by atoms with Gasteiger partial charge in [0.25, 0.3) is 5.56 Å². The zero-order valence-electron chi connectivity index (χ0n) is 22.9. The number of nitrogens with two attached hydrogens (primary N) is 2. The molecule has 11 N–H and O–H groups in total. The third-order valence-corrected chi connectivity index (χ3v) is 8.57. The summed E-state index contributed by atoms with van der Waals surface area (Å²) in [6.45, 7) is -1.73. The Morgan fingerprint density at radius 1 is 0.848 bits per heavy atom. The molecule has 0 aromatic carbocycles. The molecule has 0 radical (unpaired) electrons. The molecule has 0 bridgehead atoms. The molecule has 6 rings (SSSR count). The number of fused-ring (bicyclic) bond motifs is 2. The summed E-state index contributed by atoms with van der Waals surface area (Å²) in [5.74, 6) is -0.278. The van der Waals surface area contributed by atoms with Crippen molar-refractivity contribution in [2.75, 3.05) is 24.7 Å². The van der Waals surface area contributed by atoms with Crippen LogP contribution in [0, 0.1) is 0 Å². The van der Waals surface area contributed by atoms with Gasteiger partial charge in [0.15, 0.2) is 35.1 Å². The Hall–Kier alpha value is -3.48. The number of ether oxygens (including phenoxy) is 2. The predicted octanol–water partition coefficient (Wildman–Crippen LogP) is -3.39. The number of nitrogens with one attached hydrogen (secondary N) is 1. The van der Waals surface area contributed by atoms with Gasteiger partial charge >= 0.3 is 15.6 Å². The van der Waals surface area contributed by atoms with Crippen LogP contribution in [0.1, 0.15) is 12.5 Å². The molecule has 250 valence electrons. The molecule has 0 spiro atoms. The van der Waals surface area contributed by atoms with Gasteiger partial charge in [0.2, 0.25) is 5.95 Å². The summed E-state index contributed by atoms with van der Waals surface area (Å²) in [5, 5.41) is 32.2. The number of hydrogen-bond donors (Lipinski definition) is 9. The number of nitrogens with zero attached hydrogens (tertiary/aromatic N) is 7. The third-order valence-electron chi connectivity index (χ3n) is 7.10. The maximum atomic E-state index is 13.1. The lowest BCUT2D eigenvalue weighted by Gasteiger charge is -2.25. The van der Waals surface area contributed by atoms with Gasteiger partial charge in [0.1, 0.15) is 48.5 Å². The highest BCUT2D eigenvalue weighted by Crippen LogP contribution is 2.50.